The van der Waals surface area contributed by atoms with Gasteiger partial charge in [0, 0.05) is 6.07 Å². The molecule has 88 valence electrons. The SMILES string of the molecule is Cc1ncsc1C(=O)Nc1ccc(O)cc1N. The first-order valence-electron chi connectivity index (χ1n) is 4.88. The number of nitrogens with two attached hydrogens (primary N) is 1. The van der Waals surface area contributed by atoms with Crippen LogP contribution in [0.4, 0.5) is 11.4 Å². The van der Waals surface area contributed by atoms with Gasteiger partial charge in [-0.15, -0.1) is 11.3 Å². The molecular weight excluding hydrogens is 238 g/mol. The van der Waals surface area contributed by atoms with Gasteiger partial charge in [0.2, 0.25) is 0 Å². The minimum atomic E-state index is -0.248. The van der Waals surface area contributed by atoms with Crippen LogP contribution in [-0.4, -0.2) is 16.0 Å². The molecule has 6 heteroatoms. The number of thiazole rings is 1. The number of hydrogen-bond acceptors (Lipinski definition) is 5. The number of aryl methyl sites for hydroxylation is 1. The molecule has 0 fully saturated rings. The lowest BCUT2D eigenvalue weighted by molar-refractivity contribution is 0.103. The van der Waals surface area contributed by atoms with E-state index in [1.807, 2.05) is 0 Å². The Morgan fingerprint density at radius 1 is 1.53 bits per heavy atom. The zero-order valence-electron chi connectivity index (χ0n) is 9.10. The number of nitrogen functional groups attached to an aromatic ring is 1. The van der Waals surface area contributed by atoms with Gasteiger partial charge in [0.1, 0.15) is 10.6 Å². The average molecular weight is 249 g/mol. The summed E-state index contributed by atoms with van der Waals surface area (Å²) in [5, 5.41) is 11.9. The Balaban J connectivity index is 2.22. The maximum atomic E-state index is 11.9. The first kappa shape index (κ1) is 11.4. The first-order valence-corrected chi connectivity index (χ1v) is 5.76. The lowest BCUT2D eigenvalue weighted by Crippen LogP contribution is -2.12. The fraction of sp³-hybridized carbons (Fsp3) is 0.0909. The molecule has 1 amide bonds. The fourth-order valence-electron chi connectivity index (χ4n) is 1.36. The zero-order valence-corrected chi connectivity index (χ0v) is 9.91. The van der Waals surface area contributed by atoms with E-state index in [4.69, 9.17) is 5.73 Å². The molecule has 0 bridgehead atoms. The Kier molecular flexibility index (Phi) is 2.97. The number of phenols is 1. The van der Waals surface area contributed by atoms with Gasteiger partial charge in [-0.05, 0) is 19.1 Å². The second-order valence-corrected chi connectivity index (χ2v) is 4.35. The van der Waals surface area contributed by atoms with E-state index >= 15 is 0 Å². The molecule has 1 aromatic carbocycles. The van der Waals surface area contributed by atoms with Gasteiger partial charge in [0.25, 0.3) is 5.91 Å². The number of anilines is 2. The van der Waals surface area contributed by atoms with Crippen molar-refractivity contribution in [1.82, 2.24) is 4.98 Å². The van der Waals surface area contributed by atoms with E-state index in [9.17, 15) is 9.90 Å². The third-order valence-electron chi connectivity index (χ3n) is 2.24. The van der Waals surface area contributed by atoms with Crippen LogP contribution in [-0.2, 0) is 0 Å². The molecule has 1 heterocycles. The molecule has 0 saturated heterocycles. The Labute approximate surface area is 102 Å². The van der Waals surface area contributed by atoms with Crippen LogP contribution in [0.25, 0.3) is 0 Å². The van der Waals surface area contributed by atoms with Crippen LogP contribution in [0.3, 0.4) is 0 Å². The van der Waals surface area contributed by atoms with Crippen molar-refractivity contribution >= 4 is 28.6 Å². The highest BCUT2D eigenvalue weighted by Crippen LogP contribution is 2.24. The van der Waals surface area contributed by atoms with Crippen LogP contribution < -0.4 is 11.1 Å². The molecule has 2 rings (SSSR count). The molecule has 0 aliphatic heterocycles. The molecule has 0 aliphatic rings. The second-order valence-electron chi connectivity index (χ2n) is 3.49. The van der Waals surface area contributed by atoms with Gasteiger partial charge in [-0.3, -0.25) is 4.79 Å². The van der Waals surface area contributed by atoms with Crippen molar-refractivity contribution in [2.75, 3.05) is 11.1 Å². The van der Waals surface area contributed by atoms with Crippen molar-refractivity contribution in [2.24, 2.45) is 0 Å². The second kappa shape index (κ2) is 4.42. The summed E-state index contributed by atoms with van der Waals surface area (Å²) in [6.45, 7) is 1.77. The van der Waals surface area contributed by atoms with Gasteiger partial charge in [-0.25, -0.2) is 4.98 Å². The fourth-order valence-corrected chi connectivity index (χ4v) is 2.06. The van der Waals surface area contributed by atoms with Crippen LogP contribution in [0.15, 0.2) is 23.7 Å². The number of carbonyl (C=O) groups is 1. The largest absolute Gasteiger partial charge is 0.508 e. The van der Waals surface area contributed by atoms with E-state index in [-0.39, 0.29) is 11.7 Å². The summed E-state index contributed by atoms with van der Waals surface area (Å²) in [6, 6.07) is 4.40. The molecule has 0 radical (unpaired) electrons. The number of nitrogens with one attached hydrogen (secondary N) is 1. The minimum Gasteiger partial charge on any atom is -0.508 e. The number of amides is 1. The zero-order chi connectivity index (χ0) is 12.4. The molecule has 0 unspecified atom stereocenters. The standard InChI is InChI=1S/C11H11N3O2S/c1-6-10(17-5-13-6)11(16)14-9-3-2-7(15)4-8(9)12/h2-5,15H,12H2,1H3,(H,14,16). The molecule has 0 spiro atoms. The van der Waals surface area contributed by atoms with Crippen molar-refractivity contribution in [3.05, 3.63) is 34.3 Å². The highest BCUT2D eigenvalue weighted by molar-refractivity contribution is 7.12. The molecule has 4 N–H and O–H groups in total. The molecule has 0 atom stereocenters. The topological polar surface area (TPSA) is 88.2 Å². The summed E-state index contributed by atoms with van der Waals surface area (Å²) < 4.78 is 0. The Morgan fingerprint density at radius 2 is 2.29 bits per heavy atom. The van der Waals surface area contributed by atoms with E-state index < -0.39 is 0 Å². The number of aromatic nitrogens is 1. The van der Waals surface area contributed by atoms with Crippen molar-refractivity contribution < 1.29 is 9.90 Å². The van der Waals surface area contributed by atoms with Crippen molar-refractivity contribution in [1.29, 1.82) is 0 Å². The summed E-state index contributed by atoms with van der Waals surface area (Å²) in [7, 11) is 0. The molecule has 2 aromatic rings. The molecule has 0 aliphatic carbocycles. The van der Waals surface area contributed by atoms with E-state index in [0.29, 0.717) is 21.9 Å². The Hall–Kier alpha value is -2.08. The normalized spacial score (nSPS) is 10.2. The summed E-state index contributed by atoms with van der Waals surface area (Å²) in [5.41, 5.74) is 8.77. The summed E-state index contributed by atoms with van der Waals surface area (Å²) in [4.78, 5) is 16.4. The van der Waals surface area contributed by atoms with Crippen LogP contribution in [0.5, 0.6) is 5.75 Å². The molecule has 1 aromatic heterocycles. The van der Waals surface area contributed by atoms with E-state index in [1.165, 1.54) is 23.5 Å². The highest BCUT2D eigenvalue weighted by atomic mass is 32.1. The van der Waals surface area contributed by atoms with E-state index in [0.717, 1.165) is 0 Å². The number of aromatic hydroxyl groups is 1. The smallest absolute Gasteiger partial charge is 0.267 e. The number of hydrogen-bond donors (Lipinski definition) is 3. The maximum absolute atomic E-state index is 11.9. The van der Waals surface area contributed by atoms with Crippen LogP contribution in [0.2, 0.25) is 0 Å². The predicted octanol–water partition coefficient (Wildman–Crippen LogP) is 1.99. The van der Waals surface area contributed by atoms with E-state index in [1.54, 1.807) is 18.5 Å². The van der Waals surface area contributed by atoms with Gasteiger partial charge in [-0.2, -0.15) is 0 Å². The van der Waals surface area contributed by atoms with Crippen LogP contribution in [0.1, 0.15) is 15.4 Å². The maximum Gasteiger partial charge on any atom is 0.267 e. The summed E-state index contributed by atoms with van der Waals surface area (Å²) in [5.74, 6) is -0.183. The minimum absolute atomic E-state index is 0.0643. The van der Waals surface area contributed by atoms with Gasteiger partial charge in [0.05, 0.1) is 22.6 Å². The molecule has 0 saturated carbocycles. The van der Waals surface area contributed by atoms with Crippen LogP contribution >= 0.6 is 11.3 Å². The van der Waals surface area contributed by atoms with Crippen molar-refractivity contribution in [3.63, 3.8) is 0 Å². The van der Waals surface area contributed by atoms with Crippen molar-refractivity contribution in [3.8, 4) is 5.75 Å². The van der Waals surface area contributed by atoms with E-state index in [2.05, 4.69) is 10.3 Å². The third-order valence-corrected chi connectivity index (χ3v) is 3.16. The molecule has 5 nitrogen and oxygen atoms in total. The van der Waals surface area contributed by atoms with Gasteiger partial charge in [0.15, 0.2) is 0 Å². The van der Waals surface area contributed by atoms with Gasteiger partial charge in [-0.1, -0.05) is 0 Å². The molecule has 17 heavy (non-hydrogen) atoms. The lowest BCUT2D eigenvalue weighted by Gasteiger charge is -2.07. The number of phenolic OH excluding ortho intramolecular Hbond substituents is 1. The Bertz CT molecular complexity index is 566. The van der Waals surface area contributed by atoms with Gasteiger partial charge < -0.3 is 16.2 Å². The highest BCUT2D eigenvalue weighted by Gasteiger charge is 2.13. The number of nitrogens with zero attached hydrogens (tertiary/aromatic N) is 1. The molecular formula is C11H11N3O2S. The number of rotatable bonds is 2. The van der Waals surface area contributed by atoms with Gasteiger partial charge >= 0.3 is 0 Å². The van der Waals surface area contributed by atoms with Crippen molar-refractivity contribution in [2.45, 2.75) is 6.92 Å². The quantitative estimate of drug-likeness (QED) is 0.561. The first-order chi connectivity index (χ1) is 8.08. The third kappa shape index (κ3) is 2.36. The summed E-state index contributed by atoms with van der Waals surface area (Å²) >= 11 is 1.27. The number of carbonyl (C=O) groups excluding carboxylic acids is 1. The summed E-state index contributed by atoms with van der Waals surface area (Å²) in [6.07, 6.45) is 0. The predicted molar refractivity (Wildman–Crippen MR) is 67.3 cm³/mol. The monoisotopic (exact) mass is 249 g/mol. The average Bonchev–Trinajstić information content (AvgIpc) is 2.68. The number of benzene rings is 1. The lowest BCUT2D eigenvalue weighted by atomic mass is 10.2. The van der Waals surface area contributed by atoms with Crippen LogP contribution in [0, 0.1) is 6.92 Å². The Morgan fingerprint density at radius 3 is 2.88 bits per heavy atom.